The number of rotatable bonds is 16. The van der Waals surface area contributed by atoms with Crippen molar-refractivity contribution >= 4 is 28.9 Å². The van der Waals surface area contributed by atoms with Gasteiger partial charge in [-0.1, -0.05) is 86.6 Å². The first-order valence-electron chi connectivity index (χ1n) is 17.0. The molecule has 0 bridgehead atoms. The van der Waals surface area contributed by atoms with Crippen LogP contribution >= 0.6 is 0 Å². The fourth-order valence-corrected chi connectivity index (χ4v) is 5.50. The predicted octanol–water partition coefficient (Wildman–Crippen LogP) is 3.49. The minimum absolute atomic E-state index is 0.0248. The summed E-state index contributed by atoms with van der Waals surface area (Å²) in [5.74, 6) is -1.14. The highest BCUT2D eigenvalue weighted by Gasteiger charge is 2.31. The first-order chi connectivity index (χ1) is 23.8. The summed E-state index contributed by atoms with van der Waals surface area (Å²) >= 11 is 0. The number of nitrogens with one attached hydrogen (secondary N) is 5. The Hall–Kier alpha value is -4.78. The van der Waals surface area contributed by atoms with Crippen LogP contribution in [0.5, 0.6) is 0 Å². The summed E-state index contributed by atoms with van der Waals surface area (Å²) in [6.45, 7) is 9.01. The number of ether oxygens (including phenoxy) is 1. The lowest BCUT2D eigenvalue weighted by Gasteiger charge is -2.30. The van der Waals surface area contributed by atoms with E-state index in [4.69, 9.17) is 4.74 Å². The second-order valence-corrected chi connectivity index (χ2v) is 13.8. The molecule has 3 amide bonds. The number of hydrogen-bond acceptors (Lipinski definition) is 8. The van der Waals surface area contributed by atoms with Gasteiger partial charge in [0.15, 0.2) is 5.82 Å². The van der Waals surface area contributed by atoms with E-state index in [9.17, 15) is 24.6 Å². The zero-order valence-electron chi connectivity index (χ0n) is 29.4. The fraction of sp³-hybridized carbons (Fsp3) is 0.421. The maximum absolute atomic E-state index is 13.7. The molecule has 12 heteroatoms. The molecule has 12 nitrogen and oxygen atoms in total. The summed E-state index contributed by atoms with van der Waals surface area (Å²) in [6.07, 6.45) is -2.08. The molecule has 0 aliphatic heterocycles. The van der Waals surface area contributed by atoms with Gasteiger partial charge in [0.25, 0.3) is 5.91 Å². The average Bonchev–Trinajstić information content (AvgIpc) is 3.51. The molecule has 0 fully saturated rings. The van der Waals surface area contributed by atoms with Crippen LogP contribution in [-0.2, 0) is 22.4 Å². The molecule has 1 aromatic heterocycles. The number of fused-ring (bicyclic) bond motifs is 1. The molecule has 4 aromatic rings. The van der Waals surface area contributed by atoms with Crippen LogP contribution < -0.4 is 21.3 Å². The Balaban J connectivity index is 1.42. The van der Waals surface area contributed by atoms with Crippen LogP contribution in [0.3, 0.4) is 0 Å². The van der Waals surface area contributed by atoms with Crippen molar-refractivity contribution in [2.24, 2.45) is 5.92 Å². The maximum atomic E-state index is 13.7. The normalized spacial score (nSPS) is 14.7. The number of carbonyl (C=O) groups is 3. The molecule has 0 spiro atoms. The van der Waals surface area contributed by atoms with Gasteiger partial charge in [0, 0.05) is 13.1 Å². The molecule has 1 heterocycles. The van der Waals surface area contributed by atoms with E-state index in [0.717, 1.165) is 11.1 Å². The minimum atomic E-state index is -1.07. The summed E-state index contributed by atoms with van der Waals surface area (Å²) < 4.78 is 5.43. The molecule has 7 N–H and O–H groups in total. The molecule has 268 valence electrons. The highest BCUT2D eigenvalue weighted by atomic mass is 16.6. The Morgan fingerprint density at radius 3 is 1.80 bits per heavy atom. The number of imidazole rings is 1. The molecule has 0 saturated carbocycles. The van der Waals surface area contributed by atoms with Crippen molar-refractivity contribution in [3.05, 3.63) is 102 Å². The van der Waals surface area contributed by atoms with Gasteiger partial charge >= 0.3 is 6.09 Å². The molecule has 50 heavy (non-hydrogen) atoms. The lowest BCUT2D eigenvalue weighted by molar-refractivity contribution is -0.125. The third kappa shape index (κ3) is 11.7. The van der Waals surface area contributed by atoms with Gasteiger partial charge in [-0.15, -0.1) is 0 Å². The number of aliphatic hydroxyl groups is 2. The molecule has 3 aromatic carbocycles. The Labute approximate surface area is 293 Å². The second kappa shape index (κ2) is 17.7. The molecular weight excluding hydrogens is 636 g/mol. The molecule has 0 unspecified atom stereocenters. The van der Waals surface area contributed by atoms with E-state index >= 15 is 0 Å². The average molecular weight is 687 g/mol. The molecule has 0 saturated heterocycles. The summed E-state index contributed by atoms with van der Waals surface area (Å²) in [7, 11) is 0. The van der Waals surface area contributed by atoms with Crippen molar-refractivity contribution in [2.45, 2.75) is 83.4 Å². The number of aromatic amines is 1. The molecular formula is C38H50N6O6. The Bertz CT molecular complexity index is 1640. The zero-order valence-corrected chi connectivity index (χ0v) is 29.4. The first-order valence-corrected chi connectivity index (χ1v) is 17.0. The fourth-order valence-electron chi connectivity index (χ4n) is 5.50. The molecule has 0 radical (unpaired) electrons. The number of amides is 3. The Kier molecular flexibility index (Phi) is 13.5. The van der Waals surface area contributed by atoms with E-state index in [1.54, 1.807) is 26.8 Å². The topological polar surface area (TPSA) is 178 Å². The van der Waals surface area contributed by atoms with Gasteiger partial charge in [0.05, 0.1) is 35.3 Å². The van der Waals surface area contributed by atoms with Crippen LogP contribution in [0.15, 0.2) is 84.9 Å². The second-order valence-electron chi connectivity index (χ2n) is 13.8. The van der Waals surface area contributed by atoms with E-state index in [0.29, 0.717) is 23.9 Å². The van der Waals surface area contributed by atoms with Gasteiger partial charge in [-0.05, 0) is 62.8 Å². The number of para-hydroxylation sites is 2. The van der Waals surface area contributed by atoms with Crippen LogP contribution in [0.25, 0.3) is 11.0 Å². The van der Waals surface area contributed by atoms with Crippen molar-refractivity contribution in [3.8, 4) is 0 Å². The number of aliphatic hydroxyl groups excluding tert-OH is 2. The van der Waals surface area contributed by atoms with Gasteiger partial charge in [0.2, 0.25) is 5.91 Å². The number of H-pyrrole nitrogens is 1. The van der Waals surface area contributed by atoms with Crippen molar-refractivity contribution in [2.75, 3.05) is 13.1 Å². The number of nitrogens with zero attached hydrogens (tertiary/aromatic N) is 1. The van der Waals surface area contributed by atoms with Gasteiger partial charge in [-0.3, -0.25) is 9.59 Å². The molecule has 5 atom stereocenters. The SMILES string of the molecule is CC(C)[C@H](NC(=O)c1nc2ccccc2[nH]1)C(=O)N[C@@H](Cc1ccccc1)[C@H](O)CNC[C@@H](O)[C@H](Cc1ccccc1)NC(=O)OC(C)(C)C. The van der Waals surface area contributed by atoms with E-state index in [1.165, 1.54) is 0 Å². The van der Waals surface area contributed by atoms with Crippen LogP contribution in [0.2, 0.25) is 0 Å². The van der Waals surface area contributed by atoms with E-state index in [-0.39, 0.29) is 24.8 Å². The van der Waals surface area contributed by atoms with Crippen molar-refractivity contribution < 1.29 is 29.3 Å². The quantitative estimate of drug-likeness (QED) is 0.0937. The minimum Gasteiger partial charge on any atom is -0.444 e. The number of aromatic nitrogens is 2. The molecule has 4 rings (SSSR count). The van der Waals surface area contributed by atoms with E-state index in [1.807, 2.05) is 92.7 Å². The van der Waals surface area contributed by atoms with E-state index in [2.05, 4.69) is 31.2 Å². The Morgan fingerprint density at radius 1 is 0.760 bits per heavy atom. The summed E-state index contributed by atoms with van der Waals surface area (Å²) in [6, 6.07) is 23.9. The number of benzene rings is 3. The first kappa shape index (κ1) is 38.0. The van der Waals surface area contributed by atoms with Gasteiger partial charge in [0.1, 0.15) is 11.6 Å². The largest absolute Gasteiger partial charge is 0.444 e. The summed E-state index contributed by atoms with van der Waals surface area (Å²) in [4.78, 5) is 46.8. The van der Waals surface area contributed by atoms with Gasteiger partial charge in [-0.2, -0.15) is 0 Å². The predicted molar refractivity (Wildman–Crippen MR) is 192 cm³/mol. The summed E-state index contributed by atoms with van der Waals surface area (Å²) in [5, 5.41) is 34.2. The highest BCUT2D eigenvalue weighted by molar-refractivity contribution is 5.97. The van der Waals surface area contributed by atoms with Crippen molar-refractivity contribution in [1.82, 2.24) is 31.2 Å². The smallest absolute Gasteiger partial charge is 0.407 e. The monoisotopic (exact) mass is 686 g/mol. The standard InChI is InChI=1S/C38H50N6O6/c1-24(2)33(44-36(48)34-40-27-18-12-13-19-28(27)41-34)35(47)42-29(20-25-14-8-6-9-15-25)31(45)22-39-23-32(46)30(21-26-16-10-7-11-17-26)43-37(49)50-38(3,4)5/h6-19,24,29-33,39,45-46H,20-23H2,1-5H3,(H,40,41)(H,42,47)(H,43,49)(H,44,48)/t29-,30-,31+,32+,33-/m0/s1. The Morgan fingerprint density at radius 2 is 1.28 bits per heavy atom. The van der Waals surface area contributed by atoms with Crippen LogP contribution in [0.1, 0.15) is 56.4 Å². The number of hydrogen-bond donors (Lipinski definition) is 7. The van der Waals surface area contributed by atoms with Crippen LogP contribution in [0.4, 0.5) is 4.79 Å². The van der Waals surface area contributed by atoms with Crippen LogP contribution in [-0.4, -0.2) is 87.1 Å². The van der Waals surface area contributed by atoms with E-state index < -0.39 is 53.8 Å². The highest BCUT2D eigenvalue weighted by Crippen LogP contribution is 2.14. The van der Waals surface area contributed by atoms with Gasteiger partial charge in [-0.25, -0.2) is 9.78 Å². The lowest BCUT2D eigenvalue weighted by Crippen LogP contribution is -2.57. The number of carbonyl (C=O) groups excluding carboxylic acids is 3. The maximum Gasteiger partial charge on any atom is 0.407 e. The third-order valence-corrected chi connectivity index (χ3v) is 8.10. The summed E-state index contributed by atoms with van der Waals surface area (Å²) in [5.41, 5.74) is 2.45. The van der Waals surface area contributed by atoms with Crippen LogP contribution in [0, 0.1) is 5.92 Å². The lowest BCUT2D eigenvalue weighted by atomic mass is 9.98. The van der Waals surface area contributed by atoms with Crippen molar-refractivity contribution in [1.29, 1.82) is 0 Å². The van der Waals surface area contributed by atoms with Crippen molar-refractivity contribution in [3.63, 3.8) is 0 Å². The van der Waals surface area contributed by atoms with Gasteiger partial charge < -0.3 is 41.2 Å². The number of alkyl carbamates (subject to hydrolysis) is 1. The molecule has 0 aliphatic rings. The zero-order chi connectivity index (χ0) is 36.3. The third-order valence-electron chi connectivity index (χ3n) is 8.10. The molecule has 0 aliphatic carbocycles.